The molecule has 1 aromatic rings. The molecule has 184 valence electrons. The SMILES string of the molecule is COc1ccc(OC)c(N2CC(C(=O)N3CCN(CCCOCC(F)(F)F)CC3)CC2=O)c1. The quantitative estimate of drug-likeness (QED) is 0.512. The number of nitrogens with zero attached hydrogens (tertiary/aromatic N) is 3. The van der Waals surface area contributed by atoms with Gasteiger partial charge < -0.3 is 24.0 Å². The highest BCUT2D eigenvalue weighted by atomic mass is 19.4. The summed E-state index contributed by atoms with van der Waals surface area (Å²) in [5.41, 5.74) is 0.578. The number of carbonyl (C=O) groups is 2. The lowest BCUT2D eigenvalue weighted by Crippen LogP contribution is -2.50. The van der Waals surface area contributed by atoms with E-state index in [1.807, 2.05) is 0 Å². The molecule has 0 aromatic heterocycles. The first-order valence-corrected chi connectivity index (χ1v) is 10.9. The van der Waals surface area contributed by atoms with Gasteiger partial charge in [0.05, 0.1) is 25.8 Å². The van der Waals surface area contributed by atoms with Gasteiger partial charge in [-0.2, -0.15) is 13.2 Å². The molecule has 0 spiro atoms. The van der Waals surface area contributed by atoms with Crippen LogP contribution in [-0.2, 0) is 14.3 Å². The number of rotatable bonds is 9. The van der Waals surface area contributed by atoms with Crippen molar-refractivity contribution in [1.82, 2.24) is 9.80 Å². The molecule has 0 saturated carbocycles. The Morgan fingerprint density at radius 1 is 1.12 bits per heavy atom. The second kappa shape index (κ2) is 11.1. The molecule has 2 aliphatic rings. The molecule has 2 heterocycles. The van der Waals surface area contributed by atoms with E-state index in [1.54, 1.807) is 35.1 Å². The van der Waals surface area contributed by atoms with Crippen molar-refractivity contribution in [2.45, 2.75) is 19.0 Å². The van der Waals surface area contributed by atoms with Crippen LogP contribution in [0.15, 0.2) is 18.2 Å². The molecule has 2 saturated heterocycles. The zero-order valence-electron chi connectivity index (χ0n) is 18.9. The van der Waals surface area contributed by atoms with Crippen LogP contribution in [0.3, 0.4) is 0 Å². The summed E-state index contributed by atoms with van der Waals surface area (Å²) in [6, 6.07) is 5.19. The minimum absolute atomic E-state index is 0.0480. The predicted octanol–water partition coefficient (Wildman–Crippen LogP) is 2.17. The van der Waals surface area contributed by atoms with E-state index < -0.39 is 18.7 Å². The van der Waals surface area contributed by atoms with Gasteiger partial charge in [0, 0.05) is 58.4 Å². The summed E-state index contributed by atoms with van der Waals surface area (Å²) >= 11 is 0. The lowest BCUT2D eigenvalue weighted by molar-refractivity contribution is -0.174. The first-order valence-electron chi connectivity index (χ1n) is 10.9. The van der Waals surface area contributed by atoms with E-state index in [0.717, 1.165) is 0 Å². The fourth-order valence-corrected chi connectivity index (χ4v) is 4.14. The van der Waals surface area contributed by atoms with Crippen molar-refractivity contribution in [2.24, 2.45) is 5.92 Å². The number of hydrogen-bond donors (Lipinski definition) is 0. The van der Waals surface area contributed by atoms with Gasteiger partial charge >= 0.3 is 6.18 Å². The number of anilines is 1. The Morgan fingerprint density at radius 3 is 2.48 bits per heavy atom. The molecule has 1 atom stereocenters. The van der Waals surface area contributed by atoms with Crippen molar-refractivity contribution in [3.8, 4) is 11.5 Å². The van der Waals surface area contributed by atoms with E-state index >= 15 is 0 Å². The smallest absolute Gasteiger partial charge is 0.411 e. The Balaban J connectivity index is 1.48. The molecule has 11 heteroatoms. The van der Waals surface area contributed by atoms with Crippen molar-refractivity contribution in [1.29, 1.82) is 0 Å². The van der Waals surface area contributed by atoms with E-state index in [1.165, 1.54) is 7.11 Å². The van der Waals surface area contributed by atoms with E-state index in [4.69, 9.17) is 9.47 Å². The molecule has 2 fully saturated rings. The zero-order chi connectivity index (χ0) is 24.0. The number of piperazine rings is 1. The average Bonchev–Trinajstić information content (AvgIpc) is 3.19. The van der Waals surface area contributed by atoms with Crippen LogP contribution in [0.25, 0.3) is 0 Å². The van der Waals surface area contributed by atoms with Crippen molar-refractivity contribution in [2.75, 3.05) is 71.6 Å². The number of ether oxygens (including phenoxy) is 3. The molecular weight excluding hydrogens is 443 g/mol. The largest absolute Gasteiger partial charge is 0.497 e. The van der Waals surface area contributed by atoms with Gasteiger partial charge in [0.1, 0.15) is 18.1 Å². The Labute approximate surface area is 191 Å². The third kappa shape index (κ3) is 6.73. The Kier molecular flexibility index (Phi) is 8.41. The number of benzene rings is 1. The topological polar surface area (TPSA) is 71.6 Å². The highest BCUT2D eigenvalue weighted by molar-refractivity contribution is 6.01. The Bertz CT molecular complexity index is 828. The maximum absolute atomic E-state index is 13.0. The molecule has 1 unspecified atom stereocenters. The molecule has 8 nitrogen and oxygen atoms in total. The van der Waals surface area contributed by atoms with Crippen LogP contribution < -0.4 is 14.4 Å². The van der Waals surface area contributed by atoms with E-state index in [2.05, 4.69) is 9.64 Å². The molecule has 33 heavy (non-hydrogen) atoms. The van der Waals surface area contributed by atoms with Crippen molar-refractivity contribution in [3.63, 3.8) is 0 Å². The van der Waals surface area contributed by atoms with Crippen LogP contribution in [-0.4, -0.2) is 94.5 Å². The third-order valence-corrected chi connectivity index (χ3v) is 5.86. The molecule has 0 N–H and O–H groups in total. The van der Waals surface area contributed by atoms with Gasteiger partial charge in [-0.3, -0.25) is 14.5 Å². The molecular formula is C22H30F3N3O5. The summed E-state index contributed by atoms with van der Waals surface area (Å²) in [5.74, 6) is 0.493. The minimum Gasteiger partial charge on any atom is -0.497 e. The van der Waals surface area contributed by atoms with E-state index in [-0.39, 0.29) is 31.4 Å². The standard InChI is InChI=1S/C22H30F3N3O5/c1-31-17-4-5-19(32-2)18(13-17)28-14-16(12-20(28)29)21(30)27-9-7-26(8-10-27)6-3-11-33-15-22(23,24)25/h4-5,13,16H,3,6-12,14-15H2,1-2H3. The van der Waals surface area contributed by atoms with Gasteiger partial charge in [0.25, 0.3) is 0 Å². The summed E-state index contributed by atoms with van der Waals surface area (Å²) in [6.45, 7) is 2.03. The highest BCUT2D eigenvalue weighted by Gasteiger charge is 2.39. The van der Waals surface area contributed by atoms with Crippen LogP contribution in [0.4, 0.5) is 18.9 Å². The predicted molar refractivity (Wildman–Crippen MR) is 115 cm³/mol. The maximum atomic E-state index is 13.0. The van der Waals surface area contributed by atoms with Gasteiger partial charge in [-0.05, 0) is 18.6 Å². The molecule has 2 aliphatic heterocycles. The van der Waals surface area contributed by atoms with Crippen molar-refractivity contribution >= 4 is 17.5 Å². The number of alkyl halides is 3. The van der Waals surface area contributed by atoms with Gasteiger partial charge in [0.15, 0.2) is 0 Å². The lowest BCUT2D eigenvalue weighted by atomic mass is 10.1. The third-order valence-electron chi connectivity index (χ3n) is 5.86. The summed E-state index contributed by atoms with van der Waals surface area (Å²) in [7, 11) is 3.06. The summed E-state index contributed by atoms with van der Waals surface area (Å²) in [5, 5.41) is 0. The van der Waals surface area contributed by atoms with Crippen LogP contribution in [0.1, 0.15) is 12.8 Å². The van der Waals surface area contributed by atoms with E-state index in [9.17, 15) is 22.8 Å². The molecule has 1 aromatic carbocycles. The van der Waals surface area contributed by atoms with Crippen LogP contribution in [0.5, 0.6) is 11.5 Å². The molecule has 3 rings (SSSR count). The molecule has 0 aliphatic carbocycles. The monoisotopic (exact) mass is 473 g/mol. The number of amides is 2. The highest BCUT2D eigenvalue weighted by Crippen LogP contribution is 2.36. The normalized spacial score (nSPS) is 19.8. The van der Waals surface area contributed by atoms with Crippen molar-refractivity contribution < 1.29 is 37.0 Å². The Hall–Kier alpha value is -2.53. The zero-order valence-corrected chi connectivity index (χ0v) is 18.9. The Morgan fingerprint density at radius 2 is 1.85 bits per heavy atom. The fraction of sp³-hybridized carbons (Fsp3) is 0.636. The molecule has 0 radical (unpaired) electrons. The minimum atomic E-state index is -4.30. The number of carbonyl (C=O) groups excluding carboxylic acids is 2. The first kappa shape index (κ1) is 25.1. The number of halogens is 3. The molecule has 2 amide bonds. The number of methoxy groups -OCH3 is 2. The summed E-state index contributed by atoms with van der Waals surface area (Å²) < 4.78 is 51.5. The second-order valence-corrected chi connectivity index (χ2v) is 8.13. The van der Waals surface area contributed by atoms with Crippen LogP contribution in [0, 0.1) is 5.92 Å². The average molecular weight is 473 g/mol. The summed E-state index contributed by atoms with van der Waals surface area (Å²) in [4.78, 5) is 31.2. The number of hydrogen-bond acceptors (Lipinski definition) is 6. The van der Waals surface area contributed by atoms with Crippen LogP contribution in [0.2, 0.25) is 0 Å². The first-order chi connectivity index (χ1) is 15.7. The van der Waals surface area contributed by atoms with Gasteiger partial charge in [-0.15, -0.1) is 0 Å². The molecule has 0 bridgehead atoms. The van der Waals surface area contributed by atoms with Gasteiger partial charge in [-0.1, -0.05) is 0 Å². The maximum Gasteiger partial charge on any atom is 0.411 e. The van der Waals surface area contributed by atoms with Gasteiger partial charge in [-0.25, -0.2) is 0 Å². The summed E-state index contributed by atoms with van der Waals surface area (Å²) in [6.07, 6.45) is -3.67. The lowest BCUT2D eigenvalue weighted by Gasteiger charge is -2.35. The van der Waals surface area contributed by atoms with Crippen LogP contribution >= 0.6 is 0 Å². The second-order valence-electron chi connectivity index (χ2n) is 8.13. The fourth-order valence-electron chi connectivity index (χ4n) is 4.14. The van der Waals surface area contributed by atoms with Crippen molar-refractivity contribution in [3.05, 3.63) is 18.2 Å². The van der Waals surface area contributed by atoms with E-state index in [0.29, 0.717) is 56.3 Å². The van der Waals surface area contributed by atoms with Gasteiger partial charge in [0.2, 0.25) is 11.8 Å².